The zero-order chi connectivity index (χ0) is 24.7. The van der Waals surface area contributed by atoms with Gasteiger partial charge in [0.15, 0.2) is 5.67 Å². The number of ether oxygens (including phenoxy) is 1. The van der Waals surface area contributed by atoms with Crippen LogP contribution in [0, 0.1) is 19.8 Å². The number of fused-ring (bicyclic) bond motifs is 4. The van der Waals surface area contributed by atoms with Crippen LogP contribution in [-0.4, -0.2) is 53.7 Å². The second-order valence-corrected chi connectivity index (χ2v) is 11.7. The fourth-order valence-electron chi connectivity index (χ4n) is 5.35. The Bertz CT molecular complexity index is 1490. The van der Waals surface area contributed by atoms with E-state index < -0.39 is 11.3 Å². The molecule has 4 aromatic rings. The van der Waals surface area contributed by atoms with Crippen LogP contribution in [0.3, 0.4) is 0 Å². The highest BCUT2D eigenvalue weighted by Crippen LogP contribution is 2.55. The van der Waals surface area contributed by atoms with E-state index in [1.165, 1.54) is 11.3 Å². The topological polar surface area (TPSA) is 85.5 Å². The largest absolute Gasteiger partial charge is 0.444 e. The van der Waals surface area contributed by atoms with E-state index in [2.05, 4.69) is 15.1 Å². The van der Waals surface area contributed by atoms with Gasteiger partial charge in [0, 0.05) is 29.8 Å². The van der Waals surface area contributed by atoms with Gasteiger partial charge in [-0.25, -0.2) is 18.7 Å². The Kier molecular flexibility index (Phi) is 4.74. The van der Waals surface area contributed by atoms with Gasteiger partial charge in [0.2, 0.25) is 0 Å². The molecule has 1 saturated carbocycles. The zero-order valence-electron chi connectivity index (χ0n) is 20.4. The first kappa shape index (κ1) is 22.3. The molecule has 2 bridgehead atoms. The van der Waals surface area contributed by atoms with Gasteiger partial charge in [-0.3, -0.25) is 9.97 Å². The van der Waals surface area contributed by atoms with Crippen molar-refractivity contribution in [3.63, 3.8) is 0 Å². The summed E-state index contributed by atoms with van der Waals surface area (Å²) < 4.78 is 23.7. The fourth-order valence-corrected chi connectivity index (χ4v) is 6.51. The first-order valence-corrected chi connectivity index (χ1v) is 12.6. The molecule has 2 fully saturated rings. The van der Waals surface area contributed by atoms with Crippen LogP contribution in [-0.2, 0) is 10.4 Å². The summed E-state index contributed by atoms with van der Waals surface area (Å²) in [6, 6.07) is 3.61. The molecule has 0 spiro atoms. The molecule has 1 aliphatic carbocycles. The van der Waals surface area contributed by atoms with E-state index in [-0.39, 0.29) is 24.5 Å². The molecule has 3 atom stereocenters. The third kappa shape index (κ3) is 3.65. The number of amides is 1. The van der Waals surface area contributed by atoms with E-state index >= 15 is 4.39 Å². The number of rotatable bonds is 2. The number of carbonyl (C=O) groups excluding carboxylic acids is 1. The van der Waals surface area contributed by atoms with Crippen LogP contribution < -0.4 is 0 Å². The maximum atomic E-state index is 16.4. The smallest absolute Gasteiger partial charge is 0.410 e. The highest BCUT2D eigenvalue weighted by molar-refractivity contribution is 7.18. The molecule has 0 N–H and O–H groups in total. The lowest BCUT2D eigenvalue weighted by Crippen LogP contribution is -2.46. The first-order valence-electron chi connectivity index (χ1n) is 11.8. The number of nitrogens with zero attached hydrogens (tertiary/aromatic N) is 6. The van der Waals surface area contributed by atoms with Crippen LogP contribution in [0.1, 0.15) is 49.9 Å². The summed E-state index contributed by atoms with van der Waals surface area (Å²) in [5.41, 5.74) is 2.66. The van der Waals surface area contributed by atoms with E-state index in [0.717, 1.165) is 16.9 Å². The number of halogens is 1. The monoisotopic (exact) mass is 494 g/mol. The minimum Gasteiger partial charge on any atom is -0.444 e. The third-order valence-corrected chi connectivity index (χ3v) is 8.07. The highest BCUT2D eigenvalue weighted by Gasteiger charge is 2.58. The molecule has 2 aliphatic rings. The minimum atomic E-state index is -1.49. The van der Waals surface area contributed by atoms with E-state index in [1.54, 1.807) is 15.6 Å². The number of likely N-dealkylation sites (tertiary alicyclic amines) is 1. The van der Waals surface area contributed by atoms with Crippen molar-refractivity contribution >= 4 is 33.3 Å². The Balaban J connectivity index is 1.28. The molecule has 0 aromatic carbocycles. The molecular formula is C25H27FN6O2S. The zero-order valence-corrected chi connectivity index (χ0v) is 21.2. The quantitative estimate of drug-likeness (QED) is 0.380. The van der Waals surface area contributed by atoms with Crippen molar-refractivity contribution in [1.82, 2.24) is 29.5 Å². The molecule has 182 valence electrons. The van der Waals surface area contributed by atoms with Crippen molar-refractivity contribution in [1.29, 1.82) is 0 Å². The fraction of sp³-hybridized carbons (Fsp3) is 0.480. The Hall–Kier alpha value is -3.14. The van der Waals surface area contributed by atoms with Gasteiger partial charge in [-0.05, 0) is 53.2 Å². The van der Waals surface area contributed by atoms with Crippen LogP contribution >= 0.6 is 11.3 Å². The Morgan fingerprint density at radius 1 is 1.23 bits per heavy atom. The molecule has 8 nitrogen and oxygen atoms in total. The SMILES string of the molecule is Cc1cn2nc(-c3cnc4cc([C@@]5(F)C[C@@H]6C[C@H]5CN6C(=O)OC(C)(C)C)sc4n3)cc2c(C)n1. The number of hydrogen-bond donors (Lipinski definition) is 0. The number of aromatic nitrogens is 5. The van der Waals surface area contributed by atoms with Crippen LogP contribution in [0.5, 0.6) is 0 Å². The average molecular weight is 495 g/mol. The van der Waals surface area contributed by atoms with Crippen molar-refractivity contribution in [2.75, 3.05) is 6.54 Å². The van der Waals surface area contributed by atoms with Crippen molar-refractivity contribution in [3.8, 4) is 11.4 Å². The van der Waals surface area contributed by atoms with Gasteiger partial charge in [-0.2, -0.15) is 5.10 Å². The standard InChI is InChI=1S/C25H27FN6O2S/c1-13-11-32-20(14(2)28-13)7-17(30-32)19-10-27-18-8-21(35-22(18)29-19)25(26)9-16-6-15(25)12-31(16)23(33)34-24(3,4)5/h7-8,10-11,15-16H,6,9,12H2,1-5H3/t15-,16-,25+/m0/s1. The average Bonchev–Trinajstić information content (AvgIpc) is 3.52. The first-order chi connectivity index (χ1) is 16.5. The number of alkyl halides is 1. The maximum absolute atomic E-state index is 16.4. The van der Waals surface area contributed by atoms with Crippen molar-refractivity contribution < 1.29 is 13.9 Å². The number of carbonyl (C=O) groups is 1. The van der Waals surface area contributed by atoms with Crippen LogP contribution in [0.25, 0.3) is 27.3 Å². The Morgan fingerprint density at radius 3 is 2.74 bits per heavy atom. The minimum absolute atomic E-state index is 0.153. The number of hydrogen-bond acceptors (Lipinski definition) is 7. The molecule has 0 unspecified atom stereocenters. The van der Waals surface area contributed by atoms with Crippen LogP contribution in [0.2, 0.25) is 0 Å². The summed E-state index contributed by atoms with van der Waals surface area (Å²) in [5, 5.41) is 4.65. The Labute approximate surface area is 206 Å². The van der Waals surface area contributed by atoms with Crippen molar-refractivity contribution in [2.45, 2.75) is 64.8 Å². The van der Waals surface area contributed by atoms with Crippen LogP contribution in [0.4, 0.5) is 9.18 Å². The molecule has 5 heterocycles. The summed E-state index contributed by atoms with van der Waals surface area (Å²) in [7, 11) is 0. The lowest BCUT2D eigenvalue weighted by atomic mass is 9.89. The predicted molar refractivity (Wildman–Crippen MR) is 131 cm³/mol. The number of piperidine rings is 1. The molecule has 0 radical (unpaired) electrons. The summed E-state index contributed by atoms with van der Waals surface area (Å²) in [6.45, 7) is 9.78. The van der Waals surface area contributed by atoms with Gasteiger partial charge in [0.25, 0.3) is 0 Å². The van der Waals surface area contributed by atoms with Crippen molar-refractivity contribution in [3.05, 3.63) is 40.8 Å². The lowest BCUT2D eigenvalue weighted by molar-refractivity contribution is 0.0000736. The highest BCUT2D eigenvalue weighted by atomic mass is 32.1. The van der Waals surface area contributed by atoms with E-state index in [0.29, 0.717) is 39.6 Å². The van der Waals surface area contributed by atoms with E-state index in [4.69, 9.17) is 9.72 Å². The lowest BCUT2D eigenvalue weighted by Gasteiger charge is -2.36. The third-order valence-electron chi connectivity index (χ3n) is 6.90. The van der Waals surface area contributed by atoms with Gasteiger partial charge >= 0.3 is 6.09 Å². The molecular weight excluding hydrogens is 467 g/mol. The van der Waals surface area contributed by atoms with E-state index in [9.17, 15) is 4.79 Å². The molecule has 1 saturated heterocycles. The number of aryl methyl sites for hydroxylation is 2. The predicted octanol–water partition coefficient (Wildman–Crippen LogP) is 5.21. The van der Waals surface area contributed by atoms with Gasteiger partial charge in [0.05, 0.1) is 29.3 Å². The van der Waals surface area contributed by atoms with Gasteiger partial charge in [0.1, 0.15) is 27.3 Å². The van der Waals surface area contributed by atoms with Crippen LogP contribution in [0.15, 0.2) is 24.5 Å². The Morgan fingerprint density at radius 2 is 2.03 bits per heavy atom. The second-order valence-electron chi connectivity index (χ2n) is 10.7. The molecule has 35 heavy (non-hydrogen) atoms. The van der Waals surface area contributed by atoms with Gasteiger partial charge < -0.3 is 9.64 Å². The molecule has 1 amide bonds. The van der Waals surface area contributed by atoms with Gasteiger partial charge in [-0.1, -0.05) is 0 Å². The second kappa shape index (κ2) is 7.43. The maximum Gasteiger partial charge on any atom is 0.410 e. The summed E-state index contributed by atoms with van der Waals surface area (Å²) in [4.78, 5) is 29.4. The summed E-state index contributed by atoms with van der Waals surface area (Å²) >= 11 is 1.34. The van der Waals surface area contributed by atoms with Crippen molar-refractivity contribution in [2.24, 2.45) is 5.92 Å². The molecule has 6 rings (SSSR count). The molecule has 10 heteroatoms. The normalized spacial score (nSPS) is 24.1. The molecule has 4 aromatic heterocycles. The van der Waals surface area contributed by atoms with E-state index in [1.807, 2.05) is 52.9 Å². The summed E-state index contributed by atoms with van der Waals surface area (Å²) in [5.74, 6) is -0.260. The van der Waals surface area contributed by atoms with Gasteiger partial charge in [-0.15, -0.1) is 11.3 Å². The molecule has 1 aliphatic heterocycles. The summed E-state index contributed by atoms with van der Waals surface area (Å²) in [6.07, 6.45) is 4.12. The number of thiophene rings is 1.